The molecule has 3 aliphatic heterocycles. The molecule has 44 heavy (non-hydrogen) atoms. The molecule has 7 rings (SSSR count). The molecule has 0 saturated carbocycles. The molecule has 6 unspecified atom stereocenters. The van der Waals surface area contributed by atoms with Gasteiger partial charge in [-0.2, -0.15) is 0 Å². The number of aromatic amines is 1. The summed E-state index contributed by atoms with van der Waals surface area (Å²) < 4.78 is 19.5. The Morgan fingerprint density at radius 3 is 2.34 bits per heavy atom. The second-order valence-corrected chi connectivity index (χ2v) is 12.8. The van der Waals surface area contributed by atoms with Gasteiger partial charge in [0.05, 0.1) is 29.8 Å². The summed E-state index contributed by atoms with van der Waals surface area (Å²) in [7, 11) is 0. The van der Waals surface area contributed by atoms with Crippen molar-refractivity contribution in [1.29, 1.82) is 0 Å². The molecular weight excluding hydrogens is 587 g/mol. The van der Waals surface area contributed by atoms with Crippen LogP contribution in [0.5, 0.6) is 0 Å². The molecule has 0 amide bonds. The minimum Gasteiger partial charge on any atom is -0.394 e. The number of aliphatic hydroxyl groups is 4. The lowest BCUT2D eigenvalue weighted by Crippen LogP contribution is -2.62. The molecule has 3 fully saturated rings. The van der Waals surface area contributed by atoms with Crippen LogP contribution in [0.3, 0.4) is 0 Å². The Bertz CT molecular complexity index is 1610. The van der Waals surface area contributed by atoms with E-state index in [2.05, 4.69) is 26.9 Å². The standard InChI is InChI=1S/C33H36ClFN4O5/c34-21-5-10-24-25(16-21)37-32(36-24)38-13-11-33(12-14-38)18-39(23-8-6-22(35)7-9-23)31(33)20-3-1-19(2-4-20)15-26-28(41)30(43)29(42)27(17-40)44-26/h1-10,16,26-31,40-43H,11-15,17-18H2,(H,36,37). The molecular formula is C33H36ClFN4O5. The number of anilines is 2. The van der Waals surface area contributed by atoms with E-state index in [4.69, 9.17) is 21.3 Å². The quantitative estimate of drug-likeness (QED) is 0.221. The number of benzene rings is 3. The molecule has 11 heteroatoms. The highest BCUT2D eigenvalue weighted by atomic mass is 35.5. The van der Waals surface area contributed by atoms with Crippen molar-refractivity contribution >= 4 is 34.3 Å². The molecule has 4 aromatic rings. The molecule has 1 spiro atoms. The number of aliphatic hydroxyl groups excluding tert-OH is 4. The highest BCUT2D eigenvalue weighted by Gasteiger charge is 2.54. The monoisotopic (exact) mass is 622 g/mol. The van der Waals surface area contributed by atoms with E-state index in [1.54, 1.807) is 0 Å². The van der Waals surface area contributed by atoms with Gasteiger partial charge in [-0.25, -0.2) is 9.37 Å². The van der Waals surface area contributed by atoms with E-state index in [-0.39, 0.29) is 17.3 Å². The van der Waals surface area contributed by atoms with E-state index in [9.17, 15) is 24.8 Å². The van der Waals surface area contributed by atoms with Crippen molar-refractivity contribution in [3.8, 4) is 0 Å². The molecule has 0 bridgehead atoms. The Labute approximate surface area is 259 Å². The van der Waals surface area contributed by atoms with Gasteiger partial charge in [0.15, 0.2) is 0 Å². The third kappa shape index (κ3) is 5.23. The summed E-state index contributed by atoms with van der Waals surface area (Å²) in [5.74, 6) is 0.583. The molecule has 6 atom stereocenters. The van der Waals surface area contributed by atoms with Crippen molar-refractivity contribution in [2.24, 2.45) is 5.41 Å². The molecule has 9 nitrogen and oxygen atoms in total. The van der Waals surface area contributed by atoms with E-state index in [1.165, 1.54) is 12.1 Å². The Balaban J connectivity index is 1.11. The first-order chi connectivity index (χ1) is 21.2. The first-order valence-corrected chi connectivity index (χ1v) is 15.4. The fourth-order valence-corrected chi connectivity index (χ4v) is 7.43. The van der Waals surface area contributed by atoms with E-state index in [0.717, 1.165) is 66.3 Å². The summed E-state index contributed by atoms with van der Waals surface area (Å²) in [4.78, 5) is 12.8. The fraction of sp³-hybridized carbons (Fsp3) is 0.424. The van der Waals surface area contributed by atoms with Crippen molar-refractivity contribution in [3.63, 3.8) is 0 Å². The van der Waals surface area contributed by atoms with Crippen LogP contribution in [-0.2, 0) is 11.2 Å². The Kier molecular flexibility index (Phi) is 7.76. The summed E-state index contributed by atoms with van der Waals surface area (Å²) in [6, 6.07) is 20.6. The number of hydrogen-bond acceptors (Lipinski definition) is 8. The van der Waals surface area contributed by atoms with E-state index >= 15 is 0 Å². The lowest BCUT2D eigenvalue weighted by atomic mass is 9.63. The van der Waals surface area contributed by atoms with Crippen LogP contribution >= 0.6 is 11.6 Å². The highest BCUT2D eigenvalue weighted by molar-refractivity contribution is 6.31. The van der Waals surface area contributed by atoms with Crippen molar-refractivity contribution in [3.05, 3.63) is 88.7 Å². The van der Waals surface area contributed by atoms with Gasteiger partial charge in [-0.05, 0) is 66.4 Å². The third-order valence-corrected chi connectivity index (χ3v) is 9.99. The van der Waals surface area contributed by atoms with Gasteiger partial charge in [-0.1, -0.05) is 35.9 Å². The first kappa shape index (κ1) is 29.5. The van der Waals surface area contributed by atoms with Crippen molar-refractivity contribution in [2.75, 3.05) is 36.0 Å². The number of piperidine rings is 1. The fourth-order valence-electron chi connectivity index (χ4n) is 7.27. The number of aromatic nitrogens is 2. The van der Waals surface area contributed by atoms with Crippen LogP contribution in [0.1, 0.15) is 30.0 Å². The Hall–Kier alpha value is -3.25. The zero-order valence-electron chi connectivity index (χ0n) is 24.1. The maximum absolute atomic E-state index is 13.8. The maximum Gasteiger partial charge on any atom is 0.203 e. The number of rotatable bonds is 6. The number of ether oxygens (including phenoxy) is 1. The van der Waals surface area contributed by atoms with Crippen LogP contribution in [0.15, 0.2) is 66.7 Å². The number of nitrogens with zero attached hydrogens (tertiary/aromatic N) is 3. The predicted molar refractivity (Wildman–Crippen MR) is 165 cm³/mol. The molecule has 0 radical (unpaired) electrons. The zero-order valence-corrected chi connectivity index (χ0v) is 24.8. The van der Waals surface area contributed by atoms with E-state index in [0.29, 0.717) is 11.4 Å². The van der Waals surface area contributed by atoms with Gasteiger partial charge in [0.2, 0.25) is 5.95 Å². The van der Waals surface area contributed by atoms with Crippen molar-refractivity contribution in [2.45, 2.75) is 55.8 Å². The highest BCUT2D eigenvalue weighted by Crippen LogP contribution is 2.56. The van der Waals surface area contributed by atoms with Crippen LogP contribution in [0.2, 0.25) is 5.02 Å². The molecule has 0 aliphatic carbocycles. The molecule has 1 aromatic heterocycles. The normalized spacial score (nSPS) is 28.4. The van der Waals surface area contributed by atoms with Gasteiger partial charge >= 0.3 is 0 Å². The lowest BCUT2D eigenvalue weighted by molar-refractivity contribution is -0.228. The first-order valence-electron chi connectivity index (χ1n) is 15.1. The van der Waals surface area contributed by atoms with Crippen LogP contribution in [-0.4, -0.2) is 87.2 Å². The molecule has 3 aliphatic rings. The van der Waals surface area contributed by atoms with Gasteiger partial charge in [0.25, 0.3) is 0 Å². The lowest BCUT2D eigenvalue weighted by Gasteiger charge is -2.61. The van der Waals surface area contributed by atoms with Crippen LogP contribution < -0.4 is 9.80 Å². The molecule has 3 saturated heterocycles. The number of nitrogens with one attached hydrogen (secondary N) is 1. The predicted octanol–water partition coefficient (Wildman–Crippen LogP) is 3.59. The Morgan fingerprint density at radius 2 is 1.64 bits per heavy atom. The average molecular weight is 623 g/mol. The number of halogens is 2. The van der Waals surface area contributed by atoms with Crippen LogP contribution in [0.25, 0.3) is 11.0 Å². The third-order valence-electron chi connectivity index (χ3n) is 9.75. The van der Waals surface area contributed by atoms with Crippen LogP contribution in [0.4, 0.5) is 16.0 Å². The van der Waals surface area contributed by atoms with Crippen LogP contribution in [0, 0.1) is 11.2 Å². The molecule has 3 aromatic carbocycles. The SMILES string of the molecule is OCC1OC(Cc2ccc(C3N(c4ccc(F)cc4)CC34CCN(c3nc5cc(Cl)ccc5[nH]3)CC4)cc2)C(O)C(O)C1O. The van der Waals surface area contributed by atoms with Gasteiger partial charge in [0.1, 0.15) is 30.2 Å². The van der Waals surface area contributed by atoms with Gasteiger partial charge in [-0.15, -0.1) is 0 Å². The minimum absolute atomic E-state index is 0.0268. The summed E-state index contributed by atoms with van der Waals surface area (Å²) in [6.45, 7) is 2.10. The van der Waals surface area contributed by atoms with Crippen molar-refractivity contribution < 1.29 is 29.6 Å². The summed E-state index contributed by atoms with van der Waals surface area (Å²) in [5.41, 5.74) is 4.85. The van der Waals surface area contributed by atoms with E-state index < -0.39 is 37.1 Å². The Morgan fingerprint density at radius 1 is 0.932 bits per heavy atom. The number of hydrogen-bond donors (Lipinski definition) is 5. The van der Waals surface area contributed by atoms with Gasteiger partial charge in [0, 0.05) is 42.2 Å². The maximum atomic E-state index is 13.8. The summed E-state index contributed by atoms with van der Waals surface area (Å²) >= 11 is 6.17. The molecule has 4 heterocycles. The smallest absolute Gasteiger partial charge is 0.203 e. The largest absolute Gasteiger partial charge is 0.394 e. The molecule has 5 N–H and O–H groups in total. The topological polar surface area (TPSA) is 125 Å². The van der Waals surface area contributed by atoms with Gasteiger partial charge < -0.3 is 39.9 Å². The second-order valence-electron chi connectivity index (χ2n) is 12.4. The minimum atomic E-state index is -1.40. The van der Waals surface area contributed by atoms with Crippen molar-refractivity contribution in [1.82, 2.24) is 9.97 Å². The zero-order chi connectivity index (χ0) is 30.6. The second kappa shape index (κ2) is 11.6. The number of fused-ring (bicyclic) bond motifs is 1. The summed E-state index contributed by atoms with van der Waals surface area (Å²) in [6.07, 6.45) is -3.51. The summed E-state index contributed by atoms with van der Waals surface area (Å²) in [5, 5.41) is 41.0. The van der Waals surface area contributed by atoms with E-state index in [1.807, 2.05) is 42.5 Å². The number of imidazole rings is 1. The average Bonchev–Trinajstić information content (AvgIpc) is 3.45. The molecule has 232 valence electrons. The number of H-pyrrole nitrogens is 1. The van der Waals surface area contributed by atoms with Gasteiger partial charge in [-0.3, -0.25) is 0 Å².